The normalized spacial score (nSPS) is 14.0. The molecule has 0 bridgehead atoms. The van der Waals surface area contributed by atoms with Gasteiger partial charge in [0.1, 0.15) is 5.76 Å². The third-order valence-corrected chi connectivity index (χ3v) is 4.21. The van der Waals surface area contributed by atoms with Crippen molar-refractivity contribution in [3.8, 4) is 11.5 Å². The van der Waals surface area contributed by atoms with Gasteiger partial charge in [-0.2, -0.15) is 0 Å². The van der Waals surface area contributed by atoms with Gasteiger partial charge in [0.05, 0.1) is 13.7 Å². The summed E-state index contributed by atoms with van der Waals surface area (Å²) in [5, 5.41) is 9.69. The highest BCUT2D eigenvalue weighted by Crippen LogP contribution is 2.37. The summed E-state index contributed by atoms with van der Waals surface area (Å²) in [6.45, 7) is 10.8. The Balaban J connectivity index is 2.32. The van der Waals surface area contributed by atoms with Crippen LogP contribution in [0.4, 0.5) is 0 Å². The molecule has 26 heavy (non-hydrogen) atoms. The van der Waals surface area contributed by atoms with Crippen molar-refractivity contribution in [1.29, 1.82) is 0 Å². The summed E-state index contributed by atoms with van der Waals surface area (Å²) in [7, 11) is 5.22. The van der Waals surface area contributed by atoms with Gasteiger partial charge in [-0.25, -0.2) is 0 Å². The minimum absolute atomic E-state index is 0.00580. The fraction of sp³-hybridized carbons (Fsp3) is 0.333. The molecule has 0 aromatic heterocycles. The van der Waals surface area contributed by atoms with E-state index in [4.69, 9.17) is 14.2 Å². The van der Waals surface area contributed by atoms with Gasteiger partial charge in [0, 0.05) is 50.2 Å². The first-order valence-corrected chi connectivity index (χ1v) is 8.43. The number of aryl methyl sites for hydroxylation is 1. The van der Waals surface area contributed by atoms with Crippen molar-refractivity contribution in [3.05, 3.63) is 65.6 Å². The molecule has 0 unspecified atom stereocenters. The zero-order chi connectivity index (χ0) is 19.3. The lowest BCUT2D eigenvalue weighted by atomic mass is 9.96. The summed E-state index contributed by atoms with van der Waals surface area (Å²) in [6.07, 6.45) is 4.56. The first kappa shape index (κ1) is 19.7. The number of ether oxygens (including phenoxy) is 3. The highest BCUT2D eigenvalue weighted by Gasteiger charge is 2.20. The standard InChI is InChI=1S/C21H27NO4/c1-14-10-19(22(4)13-18(14)16(3)23)17-12-20(25-6)21(11-15(17)2)26-9-7-8-24-5/h10-13,23H,1,3,7-9H2,2,4-6H3. The molecule has 0 aliphatic carbocycles. The predicted octanol–water partition coefficient (Wildman–Crippen LogP) is 4.22. The number of hydrogen-bond donors (Lipinski definition) is 1. The zero-order valence-corrected chi connectivity index (χ0v) is 16.0. The fourth-order valence-corrected chi connectivity index (χ4v) is 2.81. The average molecular weight is 357 g/mol. The molecule has 1 aromatic carbocycles. The first-order valence-electron chi connectivity index (χ1n) is 8.43. The minimum atomic E-state index is 0.00580. The molecule has 1 N–H and O–H groups in total. The topological polar surface area (TPSA) is 51.2 Å². The van der Waals surface area contributed by atoms with Crippen molar-refractivity contribution in [1.82, 2.24) is 4.90 Å². The van der Waals surface area contributed by atoms with Gasteiger partial charge in [0.15, 0.2) is 11.5 Å². The van der Waals surface area contributed by atoms with Gasteiger partial charge in [0.2, 0.25) is 0 Å². The van der Waals surface area contributed by atoms with Crippen molar-refractivity contribution in [2.45, 2.75) is 13.3 Å². The second-order valence-electron chi connectivity index (χ2n) is 6.17. The van der Waals surface area contributed by atoms with Gasteiger partial charge in [-0.05, 0) is 36.3 Å². The number of rotatable bonds is 8. The lowest BCUT2D eigenvalue weighted by Crippen LogP contribution is -2.16. The van der Waals surface area contributed by atoms with Crippen LogP contribution in [0.1, 0.15) is 17.5 Å². The molecule has 0 fully saturated rings. The molecule has 0 saturated heterocycles. The van der Waals surface area contributed by atoms with Gasteiger partial charge in [-0.1, -0.05) is 13.2 Å². The van der Waals surface area contributed by atoms with E-state index in [1.165, 1.54) is 0 Å². The molecule has 0 spiro atoms. The van der Waals surface area contributed by atoms with Crippen LogP contribution in [-0.4, -0.2) is 44.5 Å². The second kappa shape index (κ2) is 8.63. The van der Waals surface area contributed by atoms with E-state index in [1.807, 2.05) is 43.3 Å². The molecule has 0 amide bonds. The van der Waals surface area contributed by atoms with Crippen LogP contribution in [0, 0.1) is 6.92 Å². The second-order valence-corrected chi connectivity index (χ2v) is 6.17. The van der Waals surface area contributed by atoms with E-state index in [0.717, 1.165) is 23.2 Å². The molecule has 5 heteroatoms. The number of benzene rings is 1. The van der Waals surface area contributed by atoms with Gasteiger partial charge >= 0.3 is 0 Å². The number of hydrogen-bond acceptors (Lipinski definition) is 5. The average Bonchev–Trinajstić information content (AvgIpc) is 2.60. The maximum Gasteiger partial charge on any atom is 0.161 e. The van der Waals surface area contributed by atoms with E-state index in [-0.39, 0.29) is 5.76 Å². The lowest BCUT2D eigenvalue weighted by Gasteiger charge is -2.27. The number of aliphatic hydroxyl groups excluding tert-OH is 1. The van der Waals surface area contributed by atoms with E-state index in [2.05, 4.69) is 13.2 Å². The first-order chi connectivity index (χ1) is 12.4. The molecule has 1 aliphatic heterocycles. The summed E-state index contributed by atoms with van der Waals surface area (Å²) in [5.74, 6) is 1.39. The lowest BCUT2D eigenvalue weighted by molar-refractivity contribution is 0.170. The zero-order valence-electron chi connectivity index (χ0n) is 16.0. The minimum Gasteiger partial charge on any atom is -0.508 e. The third kappa shape index (κ3) is 4.29. The van der Waals surface area contributed by atoms with Crippen LogP contribution in [0.15, 0.2) is 54.5 Å². The Hall–Kier alpha value is -2.66. The van der Waals surface area contributed by atoms with E-state index in [1.54, 1.807) is 14.2 Å². The molecule has 1 aliphatic rings. The van der Waals surface area contributed by atoms with Crippen molar-refractivity contribution >= 4 is 5.70 Å². The van der Waals surface area contributed by atoms with Gasteiger partial charge in [0.25, 0.3) is 0 Å². The van der Waals surface area contributed by atoms with Crippen molar-refractivity contribution < 1.29 is 19.3 Å². The largest absolute Gasteiger partial charge is 0.508 e. The van der Waals surface area contributed by atoms with E-state index in [0.29, 0.717) is 35.9 Å². The Morgan fingerprint density at radius 3 is 2.54 bits per heavy atom. The van der Waals surface area contributed by atoms with Crippen LogP contribution in [0.3, 0.4) is 0 Å². The summed E-state index contributed by atoms with van der Waals surface area (Å²) in [6, 6.07) is 3.94. The van der Waals surface area contributed by atoms with Crippen molar-refractivity contribution in [2.24, 2.45) is 0 Å². The summed E-state index contributed by atoms with van der Waals surface area (Å²) < 4.78 is 16.4. The summed E-state index contributed by atoms with van der Waals surface area (Å²) >= 11 is 0. The highest BCUT2D eigenvalue weighted by molar-refractivity contribution is 5.76. The number of nitrogens with zero attached hydrogens (tertiary/aromatic N) is 1. The monoisotopic (exact) mass is 357 g/mol. The Morgan fingerprint density at radius 2 is 1.92 bits per heavy atom. The molecule has 0 atom stereocenters. The van der Waals surface area contributed by atoms with E-state index in [9.17, 15) is 5.11 Å². The summed E-state index contributed by atoms with van der Waals surface area (Å²) in [4.78, 5) is 1.94. The van der Waals surface area contributed by atoms with Crippen LogP contribution in [-0.2, 0) is 4.74 Å². The van der Waals surface area contributed by atoms with Gasteiger partial charge in [-0.15, -0.1) is 0 Å². The van der Waals surface area contributed by atoms with Gasteiger partial charge < -0.3 is 24.2 Å². The highest BCUT2D eigenvalue weighted by atomic mass is 16.5. The van der Waals surface area contributed by atoms with Crippen LogP contribution >= 0.6 is 0 Å². The molecule has 1 heterocycles. The smallest absolute Gasteiger partial charge is 0.161 e. The summed E-state index contributed by atoms with van der Waals surface area (Å²) in [5.41, 5.74) is 4.36. The third-order valence-electron chi connectivity index (χ3n) is 4.21. The molecule has 1 aromatic rings. The quantitative estimate of drug-likeness (QED) is 0.558. The molecule has 2 rings (SSSR count). The maximum atomic E-state index is 9.69. The van der Waals surface area contributed by atoms with Crippen LogP contribution in [0.5, 0.6) is 11.5 Å². The van der Waals surface area contributed by atoms with E-state index < -0.39 is 0 Å². The van der Waals surface area contributed by atoms with E-state index >= 15 is 0 Å². The number of methoxy groups -OCH3 is 2. The van der Waals surface area contributed by atoms with Crippen LogP contribution < -0.4 is 9.47 Å². The SMILES string of the molecule is C=C(O)C1=CN(C)C(c2cc(OC)c(OCCCOC)cc2C)=CC1=C. The molecule has 140 valence electrons. The number of allylic oxidation sites excluding steroid dienone is 2. The van der Waals surface area contributed by atoms with Crippen LogP contribution in [0.2, 0.25) is 0 Å². The molecule has 0 saturated carbocycles. The van der Waals surface area contributed by atoms with Crippen molar-refractivity contribution in [2.75, 3.05) is 34.5 Å². The number of aliphatic hydroxyl groups is 1. The molecular formula is C21H27NO4. The molecular weight excluding hydrogens is 330 g/mol. The Kier molecular flexibility index (Phi) is 6.52. The van der Waals surface area contributed by atoms with Crippen LogP contribution in [0.25, 0.3) is 5.70 Å². The fourth-order valence-electron chi connectivity index (χ4n) is 2.81. The Bertz CT molecular complexity index is 762. The van der Waals surface area contributed by atoms with Gasteiger partial charge in [-0.3, -0.25) is 0 Å². The Labute approximate surface area is 155 Å². The molecule has 5 nitrogen and oxygen atoms in total. The van der Waals surface area contributed by atoms with Crippen molar-refractivity contribution in [3.63, 3.8) is 0 Å². The maximum absolute atomic E-state index is 9.69. The Morgan fingerprint density at radius 1 is 1.19 bits per heavy atom. The molecule has 0 radical (unpaired) electrons. The predicted molar refractivity (Wildman–Crippen MR) is 104 cm³/mol.